The summed E-state index contributed by atoms with van der Waals surface area (Å²) < 4.78 is 4.72. The van der Waals surface area contributed by atoms with Crippen molar-refractivity contribution in [2.45, 2.75) is 111 Å². The molecule has 0 aliphatic heterocycles. The zero-order chi connectivity index (χ0) is 21.0. The first kappa shape index (κ1) is 24.9. The van der Waals surface area contributed by atoms with E-state index in [0.29, 0.717) is 11.8 Å². The van der Waals surface area contributed by atoms with Gasteiger partial charge in [-0.3, -0.25) is 4.79 Å². The number of rotatable bonds is 14. The summed E-state index contributed by atoms with van der Waals surface area (Å²) in [6.07, 6.45) is 14.0. The molecule has 4 nitrogen and oxygen atoms in total. The van der Waals surface area contributed by atoms with Gasteiger partial charge in [-0.15, -0.1) is 0 Å². The number of ether oxygens (including phenoxy) is 1. The fourth-order valence-electron chi connectivity index (χ4n) is 4.15. The molecule has 1 saturated carbocycles. The lowest BCUT2D eigenvalue weighted by Crippen LogP contribution is -2.17. The summed E-state index contributed by atoms with van der Waals surface area (Å²) in [5.74, 6) is -0.852. The van der Waals surface area contributed by atoms with E-state index >= 15 is 0 Å². The lowest BCUT2D eigenvalue weighted by atomic mass is 9.82. The summed E-state index contributed by atoms with van der Waals surface area (Å²) in [5, 5.41) is 10.4. The summed E-state index contributed by atoms with van der Waals surface area (Å²) in [4.78, 5) is 22.9. The maximum atomic E-state index is 11.6. The van der Waals surface area contributed by atoms with Crippen molar-refractivity contribution in [3.8, 4) is 0 Å². The number of esters is 1. The molecule has 1 N–H and O–H groups in total. The van der Waals surface area contributed by atoms with Crippen LogP contribution in [0.1, 0.15) is 105 Å². The van der Waals surface area contributed by atoms with Gasteiger partial charge in [-0.1, -0.05) is 58.1 Å². The van der Waals surface area contributed by atoms with Crippen LogP contribution < -0.4 is 0 Å². The number of aliphatic hydroxyl groups excluding tert-OH is 1. The zero-order valence-corrected chi connectivity index (χ0v) is 18.6. The van der Waals surface area contributed by atoms with E-state index in [1.165, 1.54) is 31.3 Å². The van der Waals surface area contributed by atoms with E-state index in [-0.39, 0.29) is 25.0 Å². The Hall–Kier alpha value is -1.16. The largest absolute Gasteiger partial charge is 0.460 e. The Morgan fingerprint density at radius 1 is 1.14 bits per heavy atom. The van der Waals surface area contributed by atoms with Gasteiger partial charge >= 0.3 is 5.97 Å². The summed E-state index contributed by atoms with van der Waals surface area (Å²) in [5.41, 5.74) is 1.83. The van der Waals surface area contributed by atoms with Crippen molar-refractivity contribution >= 4 is 11.8 Å². The summed E-state index contributed by atoms with van der Waals surface area (Å²) >= 11 is 0. The van der Waals surface area contributed by atoms with Crippen LogP contribution in [0.2, 0.25) is 0 Å². The number of hydrogen-bond donors (Lipinski definition) is 1. The maximum Gasteiger partial charge on any atom is 0.374 e. The van der Waals surface area contributed by atoms with Crippen LogP contribution in [0, 0.1) is 11.3 Å². The molecule has 0 aromatic heterocycles. The monoisotopic (exact) mass is 394 g/mol. The number of carbonyl (C=O) groups excluding carboxylic acids is 2. The van der Waals surface area contributed by atoms with Gasteiger partial charge in [-0.25, -0.2) is 4.79 Å². The van der Waals surface area contributed by atoms with E-state index in [1.807, 2.05) is 0 Å². The van der Waals surface area contributed by atoms with Crippen LogP contribution in [0.4, 0.5) is 0 Å². The van der Waals surface area contributed by atoms with E-state index < -0.39 is 11.8 Å². The normalized spacial score (nSPS) is 21.2. The average Bonchev–Trinajstić information content (AvgIpc) is 2.99. The van der Waals surface area contributed by atoms with Crippen molar-refractivity contribution in [3.63, 3.8) is 0 Å². The molecule has 2 atom stereocenters. The fourth-order valence-corrected chi connectivity index (χ4v) is 4.15. The Morgan fingerprint density at radius 2 is 1.89 bits per heavy atom. The van der Waals surface area contributed by atoms with E-state index in [9.17, 15) is 14.7 Å². The molecule has 1 fully saturated rings. The summed E-state index contributed by atoms with van der Waals surface area (Å²) in [6.45, 7) is 8.92. The van der Waals surface area contributed by atoms with Gasteiger partial charge < -0.3 is 9.84 Å². The van der Waals surface area contributed by atoms with Gasteiger partial charge in [0, 0.05) is 12.3 Å². The lowest BCUT2D eigenvalue weighted by molar-refractivity contribution is -0.153. The molecule has 0 amide bonds. The Morgan fingerprint density at radius 3 is 2.57 bits per heavy atom. The van der Waals surface area contributed by atoms with Crippen LogP contribution in [0.15, 0.2) is 11.6 Å². The van der Waals surface area contributed by atoms with Gasteiger partial charge in [0.15, 0.2) is 0 Å². The minimum Gasteiger partial charge on any atom is -0.460 e. The van der Waals surface area contributed by atoms with Crippen LogP contribution in [-0.4, -0.2) is 29.6 Å². The van der Waals surface area contributed by atoms with Gasteiger partial charge in [-0.2, -0.15) is 0 Å². The average molecular weight is 395 g/mol. The minimum absolute atomic E-state index is 0.222. The number of ketones is 1. The van der Waals surface area contributed by atoms with E-state index in [0.717, 1.165) is 38.5 Å². The molecule has 0 radical (unpaired) electrons. The van der Waals surface area contributed by atoms with E-state index in [1.54, 1.807) is 6.92 Å². The predicted octanol–water partition coefficient (Wildman–Crippen LogP) is 5.76. The van der Waals surface area contributed by atoms with Crippen LogP contribution in [-0.2, 0) is 14.3 Å². The highest BCUT2D eigenvalue weighted by atomic mass is 16.5. The van der Waals surface area contributed by atoms with Gasteiger partial charge in [0.2, 0.25) is 5.78 Å². The molecule has 4 heteroatoms. The minimum atomic E-state index is -0.708. The number of Topliss-reactive ketones (excluding diaryl/α,β-unsaturated/α-hetero) is 1. The van der Waals surface area contributed by atoms with Crippen molar-refractivity contribution in [1.29, 1.82) is 0 Å². The molecular formula is C24H42O4. The molecule has 1 aliphatic carbocycles. The third kappa shape index (κ3) is 9.36. The first-order valence-electron chi connectivity index (χ1n) is 11.4. The molecule has 0 heterocycles. The molecule has 1 aliphatic rings. The number of aliphatic hydroxyl groups is 1. The number of unbranched alkanes of at least 4 members (excludes halogenated alkanes) is 3. The highest BCUT2D eigenvalue weighted by Gasteiger charge is 2.29. The molecule has 0 aromatic rings. The highest BCUT2D eigenvalue weighted by molar-refractivity contribution is 6.33. The topological polar surface area (TPSA) is 63.6 Å². The second-order valence-electron chi connectivity index (χ2n) is 9.04. The SMILES string of the molecule is CCCCC(C)(C)CCC=C1CC[C@H](O)[C@@H]1CCCCCC(=O)C(=O)OCC. The molecule has 1 rings (SSSR count). The number of carbonyl (C=O) groups is 2. The molecule has 0 aromatic carbocycles. The van der Waals surface area contributed by atoms with Gasteiger partial charge in [0.25, 0.3) is 0 Å². The van der Waals surface area contributed by atoms with Crippen molar-refractivity contribution in [3.05, 3.63) is 11.6 Å². The standard InChI is InChI=1S/C24H42O4/c1-5-7-17-24(3,4)18-11-12-19-15-16-21(25)20(19)13-9-8-10-14-22(26)23(27)28-6-2/h12,20-21,25H,5-11,13-18H2,1-4H3/t20-,21+/m1/s1. The van der Waals surface area contributed by atoms with Crippen LogP contribution in [0.3, 0.4) is 0 Å². The highest BCUT2D eigenvalue weighted by Crippen LogP contribution is 2.37. The van der Waals surface area contributed by atoms with Crippen molar-refractivity contribution in [2.75, 3.05) is 6.61 Å². The Balaban J connectivity index is 2.34. The van der Waals surface area contributed by atoms with Crippen molar-refractivity contribution in [2.24, 2.45) is 11.3 Å². The Bertz CT molecular complexity index is 507. The van der Waals surface area contributed by atoms with Crippen LogP contribution >= 0.6 is 0 Å². The third-order valence-corrected chi connectivity index (χ3v) is 6.03. The van der Waals surface area contributed by atoms with E-state index in [4.69, 9.17) is 4.74 Å². The van der Waals surface area contributed by atoms with Crippen molar-refractivity contribution in [1.82, 2.24) is 0 Å². The van der Waals surface area contributed by atoms with Crippen LogP contribution in [0.25, 0.3) is 0 Å². The molecule has 28 heavy (non-hydrogen) atoms. The molecule has 0 unspecified atom stereocenters. The lowest BCUT2D eigenvalue weighted by Gasteiger charge is -2.24. The molecule has 0 spiro atoms. The summed E-state index contributed by atoms with van der Waals surface area (Å²) in [7, 11) is 0. The first-order chi connectivity index (χ1) is 13.3. The van der Waals surface area contributed by atoms with Gasteiger partial charge in [-0.05, 0) is 57.3 Å². The fraction of sp³-hybridized carbons (Fsp3) is 0.833. The second kappa shape index (κ2) is 13.1. The van der Waals surface area contributed by atoms with Gasteiger partial charge in [0.05, 0.1) is 12.7 Å². The number of hydrogen-bond acceptors (Lipinski definition) is 4. The molecule has 162 valence electrons. The maximum absolute atomic E-state index is 11.6. The predicted molar refractivity (Wildman–Crippen MR) is 114 cm³/mol. The molecule has 0 bridgehead atoms. The Labute approximate surface area is 172 Å². The quantitative estimate of drug-likeness (QED) is 0.176. The van der Waals surface area contributed by atoms with Crippen LogP contribution in [0.5, 0.6) is 0 Å². The Kier molecular flexibility index (Phi) is 11.7. The molecular weight excluding hydrogens is 352 g/mol. The van der Waals surface area contributed by atoms with Gasteiger partial charge in [0.1, 0.15) is 0 Å². The second-order valence-corrected chi connectivity index (χ2v) is 9.04. The van der Waals surface area contributed by atoms with Crippen molar-refractivity contribution < 1.29 is 19.4 Å². The van der Waals surface area contributed by atoms with E-state index in [2.05, 4.69) is 26.8 Å². The first-order valence-corrected chi connectivity index (χ1v) is 11.4. The summed E-state index contributed by atoms with van der Waals surface area (Å²) in [6, 6.07) is 0. The zero-order valence-electron chi connectivity index (χ0n) is 18.6. The number of allylic oxidation sites excluding steroid dienone is 1. The molecule has 0 saturated heterocycles. The smallest absolute Gasteiger partial charge is 0.374 e. The third-order valence-electron chi connectivity index (χ3n) is 6.03.